The molecule has 142 valence electrons. The van der Waals surface area contributed by atoms with E-state index in [1.807, 2.05) is 24.3 Å². The first kappa shape index (κ1) is 19.0. The van der Waals surface area contributed by atoms with E-state index >= 15 is 0 Å². The fourth-order valence-corrected chi connectivity index (χ4v) is 2.46. The van der Waals surface area contributed by atoms with E-state index in [2.05, 4.69) is 15.5 Å². The second kappa shape index (κ2) is 8.72. The molecule has 0 spiro atoms. The summed E-state index contributed by atoms with van der Waals surface area (Å²) in [5.41, 5.74) is 1.84. The molecular formula is C20H18N4O4. The standard InChI is InChI=1S/C20H18N4O4/c1-14-19(23-24(22-14)16-10-6-3-7-11-16)20(27)28-13-18(26)21-17(25)12-15-8-4-2-5-9-15/h2-11H,12-13H2,1H3,(H,21,25,26). The highest BCUT2D eigenvalue weighted by atomic mass is 16.5. The molecule has 2 aromatic carbocycles. The molecule has 0 aliphatic heterocycles. The number of rotatable bonds is 6. The van der Waals surface area contributed by atoms with Crippen LogP contribution in [-0.2, 0) is 20.7 Å². The molecule has 0 aliphatic rings. The van der Waals surface area contributed by atoms with Gasteiger partial charge in [0.05, 0.1) is 17.8 Å². The molecule has 3 aromatic rings. The van der Waals surface area contributed by atoms with Crippen LogP contribution in [0.5, 0.6) is 0 Å². The quantitative estimate of drug-likeness (QED) is 0.654. The topological polar surface area (TPSA) is 103 Å². The third-order valence-electron chi connectivity index (χ3n) is 3.78. The molecule has 8 heteroatoms. The van der Waals surface area contributed by atoms with Crippen molar-refractivity contribution in [3.8, 4) is 5.69 Å². The number of hydrogen-bond donors (Lipinski definition) is 1. The highest BCUT2D eigenvalue weighted by Crippen LogP contribution is 2.09. The molecule has 28 heavy (non-hydrogen) atoms. The largest absolute Gasteiger partial charge is 0.451 e. The Balaban J connectivity index is 1.53. The first-order valence-corrected chi connectivity index (χ1v) is 8.56. The fourth-order valence-electron chi connectivity index (χ4n) is 2.46. The van der Waals surface area contributed by atoms with E-state index in [1.165, 1.54) is 4.80 Å². The van der Waals surface area contributed by atoms with E-state index in [9.17, 15) is 14.4 Å². The minimum absolute atomic E-state index is 0.00673. The number of nitrogens with zero attached hydrogens (tertiary/aromatic N) is 3. The highest BCUT2D eigenvalue weighted by Gasteiger charge is 2.19. The second-order valence-corrected chi connectivity index (χ2v) is 5.97. The number of carbonyl (C=O) groups is 3. The average molecular weight is 378 g/mol. The fraction of sp³-hybridized carbons (Fsp3) is 0.150. The van der Waals surface area contributed by atoms with Gasteiger partial charge in [-0.25, -0.2) is 4.79 Å². The van der Waals surface area contributed by atoms with E-state index in [0.717, 1.165) is 5.56 Å². The molecule has 2 amide bonds. The van der Waals surface area contributed by atoms with Crippen LogP contribution in [0.3, 0.4) is 0 Å². The Bertz CT molecular complexity index is 984. The van der Waals surface area contributed by atoms with Crippen LogP contribution < -0.4 is 5.32 Å². The molecule has 1 heterocycles. The number of amides is 2. The average Bonchev–Trinajstić information content (AvgIpc) is 3.09. The normalized spacial score (nSPS) is 10.3. The van der Waals surface area contributed by atoms with Crippen molar-refractivity contribution < 1.29 is 19.1 Å². The van der Waals surface area contributed by atoms with Gasteiger partial charge in [0, 0.05) is 0 Å². The van der Waals surface area contributed by atoms with Crippen LogP contribution in [0.4, 0.5) is 0 Å². The molecule has 0 unspecified atom stereocenters. The van der Waals surface area contributed by atoms with Crippen LogP contribution in [0.2, 0.25) is 0 Å². The van der Waals surface area contributed by atoms with Crippen LogP contribution in [0.25, 0.3) is 5.69 Å². The van der Waals surface area contributed by atoms with Gasteiger partial charge < -0.3 is 4.74 Å². The van der Waals surface area contributed by atoms with Gasteiger partial charge in [0.25, 0.3) is 5.91 Å². The summed E-state index contributed by atoms with van der Waals surface area (Å²) in [4.78, 5) is 37.2. The Morgan fingerprint density at radius 1 is 0.929 bits per heavy atom. The van der Waals surface area contributed by atoms with Gasteiger partial charge in [-0.15, -0.1) is 5.10 Å². The third-order valence-corrected chi connectivity index (χ3v) is 3.78. The van der Waals surface area contributed by atoms with Gasteiger partial charge in [0.2, 0.25) is 5.91 Å². The monoisotopic (exact) mass is 378 g/mol. The SMILES string of the molecule is Cc1nn(-c2ccccc2)nc1C(=O)OCC(=O)NC(=O)Cc1ccccc1. The zero-order valence-electron chi connectivity index (χ0n) is 15.2. The van der Waals surface area contributed by atoms with Crippen LogP contribution >= 0.6 is 0 Å². The summed E-state index contributed by atoms with van der Waals surface area (Å²) < 4.78 is 4.95. The summed E-state index contributed by atoms with van der Waals surface area (Å²) in [6, 6.07) is 18.1. The number of hydrogen-bond acceptors (Lipinski definition) is 6. The highest BCUT2D eigenvalue weighted by molar-refractivity contribution is 5.98. The van der Waals surface area contributed by atoms with Gasteiger partial charge in [-0.2, -0.15) is 9.90 Å². The van der Waals surface area contributed by atoms with E-state index in [-0.39, 0.29) is 12.1 Å². The van der Waals surface area contributed by atoms with Crippen molar-refractivity contribution >= 4 is 17.8 Å². The summed E-state index contributed by atoms with van der Waals surface area (Å²) in [7, 11) is 0. The number of para-hydroxylation sites is 1. The van der Waals surface area contributed by atoms with Crippen LogP contribution in [0.1, 0.15) is 21.7 Å². The lowest BCUT2D eigenvalue weighted by Crippen LogP contribution is -2.35. The smallest absolute Gasteiger partial charge is 0.361 e. The van der Waals surface area contributed by atoms with Crippen molar-refractivity contribution in [3.63, 3.8) is 0 Å². The van der Waals surface area contributed by atoms with Crippen LogP contribution in [0, 0.1) is 6.92 Å². The summed E-state index contributed by atoms with van der Waals surface area (Å²) in [6.45, 7) is 1.03. The molecule has 8 nitrogen and oxygen atoms in total. The summed E-state index contributed by atoms with van der Waals surface area (Å²) in [6.07, 6.45) is 0.0606. The molecule has 1 aromatic heterocycles. The van der Waals surface area contributed by atoms with E-state index in [4.69, 9.17) is 4.74 Å². The Labute approximate surface area is 161 Å². The Morgan fingerprint density at radius 2 is 1.57 bits per heavy atom. The van der Waals surface area contributed by atoms with E-state index in [1.54, 1.807) is 43.3 Å². The first-order valence-electron chi connectivity index (χ1n) is 8.56. The van der Waals surface area contributed by atoms with Crippen molar-refractivity contribution in [2.24, 2.45) is 0 Å². The summed E-state index contributed by atoms with van der Waals surface area (Å²) in [5, 5.41) is 10.5. The van der Waals surface area contributed by atoms with Gasteiger partial charge >= 0.3 is 5.97 Å². The molecule has 0 bridgehead atoms. The molecule has 3 rings (SSSR count). The predicted molar refractivity (Wildman–Crippen MR) is 99.7 cm³/mol. The number of ether oxygens (including phenoxy) is 1. The van der Waals surface area contributed by atoms with Gasteiger partial charge in [0.15, 0.2) is 12.3 Å². The van der Waals surface area contributed by atoms with Gasteiger partial charge in [-0.05, 0) is 24.6 Å². The number of aryl methyl sites for hydroxylation is 1. The van der Waals surface area contributed by atoms with Crippen molar-refractivity contribution in [2.75, 3.05) is 6.61 Å². The minimum Gasteiger partial charge on any atom is -0.451 e. The predicted octanol–water partition coefficient (Wildman–Crippen LogP) is 1.62. The van der Waals surface area contributed by atoms with Crippen molar-refractivity contribution in [2.45, 2.75) is 13.3 Å². The zero-order chi connectivity index (χ0) is 19.9. The lowest BCUT2D eigenvalue weighted by Gasteiger charge is -2.05. The van der Waals surface area contributed by atoms with E-state index in [0.29, 0.717) is 11.4 Å². The number of carbonyl (C=O) groups excluding carboxylic acids is 3. The summed E-state index contributed by atoms with van der Waals surface area (Å²) >= 11 is 0. The first-order chi connectivity index (χ1) is 13.5. The van der Waals surface area contributed by atoms with Crippen molar-refractivity contribution in [3.05, 3.63) is 77.6 Å². The van der Waals surface area contributed by atoms with Crippen molar-refractivity contribution in [1.82, 2.24) is 20.3 Å². The maximum Gasteiger partial charge on any atom is 0.361 e. The maximum atomic E-state index is 12.2. The minimum atomic E-state index is -0.787. The number of imide groups is 1. The molecule has 0 radical (unpaired) electrons. The van der Waals surface area contributed by atoms with Crippen LogP contribution in [-0.4, -0.2) is 39.4 Å². The summed E-state index contributed by atoms with van der Waals surface area (Å²) in [5.74, 6) is -1.97. The number of esters is 1. The Hall–Kier alpha value is -3.81. The molecule has 0 aliphatic carbocycles. The molecular weight excluding hydrogens is 360 g/mol. The lowest BCUT2D eigenvalue weighted by molar-refractivity contribution is -0.132. The van der Waals surface area contributed by atoms with Crippen LogP contribution in [0.15, 0.2) is 60.7 Å². The van der Waals surface area contributed by atoms with Gasteiger partial charge in [0.1, 0.15) is 0 Å². The second-order valence-electron chi connectivity index (χ2n) is 5.97. The zero-order valence-corrected chi connectivity index (χ0v) is 15.2. The number of aromatic nitrogens is 3. The Morgan fingerprint density at radius 3 is 2.25 bits per heavy atom. The van der Waals surface area contributed by atoms with E-state index < -0.39 is 24.4 Å². The maximum absolute atomic E-state index is 12.2. The lowest BCUT2D eigenvalue weighted by atomic mass is 10.1. The molecule has 0 fully saturated rings. The molecule has 0 saturated carbocycles. The number of nitrogens with one attached hydrogen (secondary N) is 1. The number of benzene rings is 2. The molecule has 0 saturated heterocycles. The third kappa shape index (κ3) is 4.88. The Kier molecular flexibility index (Phi) is 5.91. The van der Waals surface area contributed by atoms with Crippen molar-refractivity contribution in [1.29, 1.82) is 0 Å². The van der Waals surface area contributed by atoms with Gasteiger partial charge in [-0.1, -0.05) is 48.5 Å². The van der Waals surface area contributed by atoms with Gasteiger partial charge in [-0.3, -0.25) is 14.9 Å². The molecule has 1 N–H and O–H groups in total. The molecule has 0 atom stereocenters.